The molecule has 0 bridgehead atoms. The molecule has 0 saturated heterocycles. The number of hydrogen-bond acceptors (Lipinski definition) is 6. The Morgan fingerprint density at radius 3 is 2.85 bits per heavy atom. The van der Waals surface area contributed by atoms with Gasteiger partial charge in [-0.25, -0.2) is 0 Å². The summed E-state index contributed by atoms with van der Waals surface area (Å²) in [6, 6.07) is 5.60. The predicted molar refractivity (Wildman–Crippen MR) is 108 cm³/mol. The monoisotopic (exact) mass is 408 g/mol. The third-order valence-corrected chi connectivity index (χ3v) is 6.52. The van der Waals surface area contributed by atoms with Crippen molar-refractivity contribution < 1.29 is 14.6 Å². The van der Waals surface area contributed by atoms with Crippen LogP contribution in [0.5, 0.6) is 5.75 Å². The van der Waals surface area contributed by atoms with Crippen molar-refractivity contribution in [2.45, 2.75) is 50.9 Å². The van der Waals surface area contributed by atoms with E-state index in [0.29, 0.717) is 6.54 Å². The number of halogens is 1. The largest absolute Gasteiger partial charge is 0.488 e. The number of thiophene rings is 1. The molecule has 2 aliphatic rings. The second-order valence-electron chi connectivity index (χ2n) is 7.22. The third-order valence-electron chi connectivity index (χ3n) is 5.41. The first-order chi connectivity index (χ1) is 12.6. The Kier molecular flexibility index (Phi) is 6.52. The Labute approximate surface area is 169 Å². The van der Waals surface area contributed by atoms with Crippen molar-refractivity contribution in [2.24, 2.45) is 5.92 Å². The van der Waals surface area contributed by atoms with E-state index in [9.17, 15) is 9.90 Å². The number of aromatic nitrogens is 1. The zero-order valence-corrected chi connectivity index (χ0v) is 16.9. The lowest BCUT2D eigenvalue weighted by molar-refractivity contribution is 0.0441. The van der Waals surface area contributed by atoms with E-state index >= 15 is 0 Å². The maximum atomic E-state index is 12.7. The highest BCUT2D eigenvalue weighted by atomic mass is 35.5. The minimum absolute atomic E-state index is 0. The molecule has 27 heavy (non-hydrogen) atoms. The summed E-state index contributed by atoms with van der Waals surface area (Å²) in [5, 5.41) is 14.0. The first-order valence-corrected chi connectivity index (χ1v) is 10.0. The molecule has 146 valence electrons. The van der Waals surface area contributed by atoms with Gasteiger partial charge in [0.2, 0.25) is 0 Å². The van der Waals surface area contributed by atoms with Crippen molar-refractivity contribution in [3.63, 3.8) is 0 Å². The van der Waals surface area contributed by atoms with Crippen LogP contribution < -0.4 is 10.1 Å². The highest BCUT2D eigenvalue weighted by Gasteiger charge is 2.37. The standard InChI is InChI=1S/C20H24N2O3S.ClH/c1-12-10-15-18(26-12)5-2-13(19(15)23)11-22-16-3-4-17(20(16)24)25-14-6-8-21-9-7-14;/h6-10,13,16-17,20,22,24H,2-5,11H2,1H3;1H. The smallest absolute Gasteiger partial charge is 0.168 e. The first kappa shape index (κ1) is 20.3. The van der Waals surface area contributed by atoms with Gasteiger partial charge < -0.3 is 15.2 Å². The summed E-state index contributed by atoms with van der Waals surface area (Å²) in [6.07, 6.45) is 6.09. The van der Waals surface area contributed by atoms with E-state index in [1.807, 2.05) is 6.07 Å². The quantitative estimate of drug-likeness (QED) is 0.795. The molecule has 7 heteroatoms. The number of fused-ring (bicyclic) bond motifs is 1. The van der Waals surface area contributed by atoms with Gasteiger partial charge in [-0.2, -0.15) is 0 Å². The summed E-state index contributed by atoms with van der Waals surface area (Å²) in [6.45, 7) is 2.68. The van der Waals surface area contributed by atoms with Crippen molar-refractivity contribution in [3.8, 4) is 5.75 Å². The van der Waals surface area contributed by atoms with Crippen molar-refractivity contribution in [2.75, 3.05) is 6.54 Å². The molecule has 0 radical (unpaired) electrons. The van der Waals surface area contributed by atoms with Crippen LogP contribution in [-0.2, 0) is 6.42 Å². The number of pyridine rings is 1. The lowest BCUT2D eigenvalue weighted by atomic mass is 9.87. The van der Waals surface area contributed by atoms with Gasteiger partial charge in [-0.15, -0.1) is 23.7 Å². The van der Waals surface area contributed by atoms with E-state index in [1.165, 1.54) is 9.75 Å². The van der Waals surface area contributed by atoms with Gasteiger partial charge in [0.05, 0.1) is 0 Å². The van der Waals surface area contributed by atoms with Crippen molar-refractivity contribution in [1.29, 1.82) is 0 Å². The van der Waals surface area contributed by atoms with E-state index in [1.54, 1.807) is 35.9 Å². The zero-order chi connectivity index (χ0) is 18.1. The molecule has 2 N–H and O–H groups in total. The minimum atomic E-state index is -0.569. The highest BCUT2D eigenvalue weighted by Crippen LogP contribution is 2.32. The summed E-state index contributed by atoms with van der Waals surface area (Å²) >= 11 is 1.74. The van der Waals surface area contributed by atoms with E-state index in [0.717, 1.165) is 37.0 Å². The lowest BCUT2D eigenvalue weighted by Gasteiger charge is -2.25. The summed E-state index contributed by atoms with van der Waals surface area (Å²) < 4.78 is 5.88. The Balaban J connectivity index is 0.00000210. The van der Waals surface area contributed by atoms with E-state index in [2.05, 4.69) is 17.2 Å². The van der Waals surface area contributed by atoms with Gasteiger partial charge in [0, 0.05) is 46.2 Å². The van der Waals surface area contributed by atoms with Gasteiger partial charge in [0.25, 0.3) is 0 Å². The maximum Gasteiger partial charge on any atom is 0.168 e. The molecule has 4 atom stereocenters. The lowest BCUT2D eigenvalue weighted by Crippen LogP contribution is -2.44. The Hall–Kier alpha value is -1.47. The number of aliphatic hydroxyl groups excluding tert-OH is 1. The molecule has 2 aromatic heterocycles. The molecule has 0 amide bonds. The Morgan fingerprint density at radius 1 is 1.30 bits per heavy atom. The predicted octanol–water partition coefficient (Wildman–Crippen LogP) is 3.18. The molecule has 1 fully saturated rings. The van der Waals surface area contributed by atoms with Gasteiger partial charge in [-0.05, 0) is 50.8 Å². The number of Topliss-reactive ketones (excluding diaryl/α,β-unsaturated/α-hetero) is 1. The fourth-order valence-corrected chi connectivity index (χ4v) is 5.04. The number of rotatable bonds is 5. The fourth-order valence-electron chi connectivity index (χ4n) is 3.99. The molecule has 2 heterocycles. The molecule has 4 unspecified atom stereocenters. The minimum Gasteiger partial charge on any atom is -0.488 e. The van der Waals surface area contributed by atoms with Crippen LogP contribution >= 0.6 is 23.7 Å². The molecular formula is C20H25ClN2O3S. The molecule has 2 aliphatic carbocycles. The van der Waals surface area contributed by atoms with E-state index in [4.69, 9.17) is 4.74 Å². The number of aryl methyl sites for hydroxylation is 2. The van der Waals surface area contributed by atoms with E-state index < -0.39 is 6.10 Å². The number of carbonyl (C=O) groups excluding carboxylic acids is 1. The third kappa shape index (κ3) is 4.35. The molecule has 0 aromatic carbocycles. The number of nitrogens with one attached hydrogen (secondary N) is 1. The summed E-state index contributed by atoms with van der Waals surface area (Å²) in [5.74, 6) is 0.983. The number of ether oxygens (including phenoxy) is 1. The van der Waals surface area contributed by atoms with Gasteiger partial charge in [0.15, 0.2) is 5.78 Å². The van der Waals surface area contributed by atoms with Crippen LogP contribution in [0, 0.1) is 12.8 Å². The van der Waals surface area contributed by atoms with Crippen molar-refractivity contribution in [3.05, 3.63) is 45.9 Å². The second kappa shape index (κ2) is 8.69. The summed E-state index contributed by atoms with van der Waals surface area (Å²) in [7, 11) is 0. The SMILES string of the molecule is Cc1cc2c(s1)CCC(CNC1CCC(Oc3ccncc3)C1O)C2=O.Cl. The molecule has 0 aliphatic heterocycles. The van der Waals surface area contributed by atoms with Gasteiger partial charge in [0.1, 0.15) is 18.0 Å². The Morgan fingerprint density at radius 2 is 2.07 bits per heavy atom. The van der Waals surface area contributed by atoms with Crippen LogP contribution in [0.15, 0.2) is 30.6 Å². The second-order valence-corrected chi connectivity index (χ2v) is 8.56. The summed E-state index contributed by atoms with van der Waals surface area (Å²) in [5.41, 5.74) is 0.913. The summed E-state index contributed by atoms with van der Waals surface area (Å²) in [4.78, 5) is 19.1. The van der Waals surface area contributed by atoms with Crippen molar-refractivity contribution >= 4 is 29.5 Å². The Bertz CT molecular complexity index is 783. The van der Waals surface area contributed by atoms with Crippen LogP contribution in [0.1, 0.15) is 39.4 Å². The number of carbonyl (C=O) groups is 1. The molecule has 0 spiro atoms. The molecule has 5 nitrogen and oxygen atoms in total. The van der Waals surface area contributed by atoms with Gasteiger partial charge >= 0.3 is 0 Å². The highest BCUT2D eigenvalue weighted by molar-refractivity contribution is 7.12. The number of aliphatic hydroxyl groups is 1. The van der Waals surface area contributed by atoms with Crippen LogP contribution in [0.4, 0.5) is 0 Å². The topological polar surface area (TPSA) is 71.4 Å². The fraction of sp³-hybridized carbons (Fsp3) is 0.500. The van der Waals surface area contributed by atoms with Gasteiger partial charge in [-0.1, -0.05) is 0 Å². The van der Waals surface area contributed by atoms with Crippen LogP contribution in [-0.4, -0.2) is 40.7 Å². The number of ketones is 1. The molecule has 1 saturated carbocycles. The van der Waals surface area contributed by atoms with Gasteiger partial charge in [-0.3, -0.25) is 9.78 Å². The van der Waals surface area contributed by atoms with Crippen molar-refractivity contribution in [1.82, 2.24) is 10.3 Å². The molecule has 2 aromatic rings. The average Bonchev–Trinajstić information content (AvgIpc) is 3.19. The molecular weight excluding hydrogens is 384 g/mol. The molecule has 4 rings (SSSR count). The average molecular weight is 409 g/mol. The van der Waals surface area contributed by atoms with Crippen LogP contribution in [0.25, 0.3) is 0 Å². The van der Waals surface area contributed by atoms with Crippen LogP contribution in [0.3, 0.4) is 0 Å². The van der Waals surface area contributed by atoms with E-state index in [-0.39, 0.29) is 36.3 Å². The van der Waals surface area contributed by atoms with Crippen LogP contribution in [0.2, 0.25) is 0 Å². The number of hydrogen-bond donors (Lipinski definition) is 2. The zero-order valence-electron chi connectivity index (χ0n) is 15.3. The maximum absolute atomic E-state index is 12.7. The normalized spacial score (nSPS) is 27.1. The number of nitrogens with zero attached hydrogens (tertiary/aromatic N) is 1. The first-order valence-electron chi connectivity index (χ1n) is 9.23.